The number of nitro benzene ring substituents is 1. The van der Waals surface area contributed by atoms with Crippen LogP contribution in [0.4, 0.5) is 5.69 Å². The van der Waals surface area contributed by atoms with E-state index in [1.165, 1.54) is 29.5 Å². The van der Waals surface area contributed by atoms with Gasteiger partial charge in [0.1, 0.15) is 0 Å². The molecular formula is C18H13ClN2O3S. The van der Waals surface area contributed by atoms with Gasteiger partial charge in [-0.05, 0) is 23.1 Å². The molecule has 0 saturated heterocycles. The highest BCUT2D eigenvalue weighted by atomic mass is 35.5. The maximum absolute atomic E-state index is 12.7. The molecule has 1 heterocycles. The van der Waals surface area contributed by atoms with Gasteiger partial charge in [-0.25, -0.2) is 0 Å². The smallest absolute Gasteiger partial charge is 0.270 e. The highest BCUT2D eigenvalue weighted by molar-refractivity contribution is 7.10. The number of nitro groups is 1. The number of carbonyl (C=O) groups is 1. The molecule has 126 valence electrons. The van der Waals surface area contributed by atoms with E-state index in [4.69, 9.17) is 11.6 Å². The zero-order valence-corrected chi connectivity index (χ0v) is 14.5. The van der Waals surface area contributed by atoms with Gasteiger partial charge >= 0.3 is 0 Å². The fraction of sp³-hybridized carbons (Fsp3) is 0.0556. The Morgan fingerprint density at radius 2 is 1.88 bits per heavy atom. The van der Waals surface area contributed by atoms with Gasteiger partial charge in [0.15, 0.2) is 0 Å². The van der Waals surface area contributed by atoms with Gasteiger partial charge in [0.25, 0.3) is 11.6 Å². The van der Waals surface area contributed by atoms with Crippen molar-refractivity contribution in [1.29, 1.82) is 0 Å². The molecule has 1 atom stereocenters. The minimum Gasteiger partial charge on any atom is -0.340 e. The van der Waals surface area contributed by atoms with Crippen molar-refractivity contribution in [3.63, 3.8) is 0 Å². The first-order chi connectivity index (χ1) is 12.1. The molecule has 0 bridgehead atoms. The lowest BCUT2D eigenvalue weighted by Crippen LogP contribution is -2.29. The highest BCUT2D eigenvalue weighted by Crippen LogP contribution is 2.28. The molecule has 0 saturated carbocycles. The molecule has 1 N–H and O–H groups in total. The summed E-state index contributed by atoms with van der Waals surface area (Å²) in [5, 5.41) is 15.7. The summed E-state index contributed by atoms with van der Waals surface area (Å²) in [7, 11) is 0. The Hall–Kier alpha value is -2.70. The zero-order valence-electron chi connectivity index (χ0n) is 12.9. The Morgan fingerprint density at radius 3 is 2.48 bits per heavy atom. The number of hydrogen-bond acceptors (Lipinski definition) is 4. The van der Waals surface area contributed by atoms with Gasteiger partial charge in [0.05, 0.1) is 21.6 Å². The van der Waals surface area contributed by atoms with E-state index >= 15 is 0 Å². The number of hydrogen-bond donors (Lipinski definition) is 1. The van der Waals surface area contributed by atoms with Crippen molar-refractivity contribution in [1.82, 2.24) is 5.32 Å². The minimum absolute atomic E-state index is 0.0460. The first-order valence-electron chi connectivity index (χ1n) is 7.39. The summed E-state index contributed by atoms with van der Waals surface area (Å²) in [5.74, 6) is -0.387. The number of rotatable bonds is 5. The van der Waals surface area contributed by atoms with E-state index in [0.717, 1.165) is 10.4 Å². The largest absolute Gasteiger partial charge is 0.340 e. The molecule has 3 aromatic rings. The second kappa shape index (κ2) is 7.46. The summed E-state index contributed by atoms with van der Waals surface area (Å²) in [6.45, 7) is 0. The predicted octanol–water partition coefficient (Wildman–Crippen LogP) is 4.83. The number of halogens is 1. The quantitative estimate of drug-likeness (QED) is 0.515. The molecule has 0 aliphatic rings. The molecule has 1 aromatic heterocycles. The normalized spacial score (nSPS) is 11.7. The number of nitrogens with zero attached hydrogens (tertiary/aromatic N) is 1. The fourth-order valence-electron chi connectivity index (χ4n) is 2.43. The maximum atomic E-state index is 12.7. The third kappa shape index (κ3) is 3.87. The monoisotopic (exact) mass is 372 g/mol. The lowest BCUT2D eigenvalue weighted by molar-refractivity contribution is -0.384. The maximum Gasteiger partial charge on any atom is 0.270 e. The molecule has 0 aliphatic heterocycles. The Kier molecular flexibility index (Phi) is 5.11. The topological polar surface area (TPSA) is 72.2 Å². The van der Waals surface area contributed by atoms with Crippen molar-refractivity contribution in [3.05, 3.63) is 97.2 Å². The van der Waals surface area contributed by atoms with Gasteiger partial charge in [-0.2, -0.15) is 0 Å². The molecule has 2 aromatic carbocycles. The summed E-state index contributed by atoms with van der Waals surface area (Å²) in [6.07, 6.45) is 0. The third-order valence-corrected chi connectivity index (χ3v) is 4.89. The molecule has 3 rings (SSSR count). The lowest BCUT2D eigenvalue weighted by atomic mass is 10.0. The lowest BCUT2D eigenvalue weighted by Gasteiger charge is -2.18. The Morgan fingerprint density at radius 1 is 1.12 bits per heavy atom. The van der Waals surface area contributed by atoms with Gasteiger partial charge in [0, 0.05) is 17.0 Å². The molecule has 1 amide bonds. The number of carbonyl (C=O) groups excluding carboxylic acids is 1. The van der Waals surface area contributed by atoms with Crippen LogP contribution in [-0.4, -0.2) is 10.8 Å². The van der Waals surface area contributed by atoms with E-state index in [1.54, 1.807) is 0 Å². The molecule has 0 spiro atoms. The molecule has 0 radical (unpaired) electrons. The summed E-state index contributed by atoms with van der Waals surface area (Å²) < 4.78 is 0. The Bertz CT molecular complexity index is 898. The van der Waals surface area contributed by atoms with Crippen molar-refractivity contribution in [2.24, 2.45) is 0 Å². The molecule has 0 fully saturated rings. The van der Waals surface area contributed by atoms with Crippen LogP contribution in [0.2, 0.25) is 5.02 Å². The Balaban J connectivity index is 1.90. The van der Waals surface area contributed by atoms with Crippen LogP contribution < -0.4 is 5.32 Å². The van der Waals surface area contributed by atoms with Gasteiger partial charge < -0.3 is 5.32 Å². The highest BCUT2D eigenvalue weighted by Gasteiger charge is 2.21. The van der Waals surface area contributed by atoms with Crippen LogP contribution in [0.5, 0.6) is 0 Å². The van der Waals surface area contributed by atoms with Crippen LogP contribution in [0.1, 0.15) is 26.8 Å². The van der Waals surface area contributed by atoms with E-state index in [1.807, 2.05) is 47.8 Å². The number of non-ortho nitro benzene ring substituents is 1. The van der Waals surface area contributed by atoms with Crippen LogP contribution >= 0.6 is 22.9 Å². The van der Waals surface area contributed by atoms with Gasteiger partial charge in [-0.3, -0.25) is 14.9 Å². The Labute approximate surface area is 153 Å². The van der Waals surface area contributed by atoms with Gasteiger partial charge in [-0.15, -0.1) is 11.3 Å². The first-order valence-corrected chi connectivity index (χ1v) is 8.65. The van der Waals surface area contributed by atoms with Crippen LogP contribution in [0, 0.1) is 10.1 Å². The molecule has 7 heteroatoms. The van der Waals surface area contributed by atoms with Crippen LogP contribution in [0.25, 0.3) is 0 Å². The first kappa shape index (κ1) is 17.1. The summed E-state index contributed by atoms with van der Waals surface area (Å²) >= 11 is 7.60. The zero-order chi connectivity index (χ0) is 17.8. The van der Waals surface area contributed by atoms with E-state index < -0.39 is 4.92 Å². The molecule has 5 nitrogen and oxygen atoms in total. The standard InChI is InChI=1S/C18H13ClN2O3S/c19-15-11-13(21(23)24)8-9-14(15)18(22)20-17(16-7-4-10-25-16)12-5-2-1-3-6-12/h1-11,17H,(H,20,22)/t17-/m1/s1. The fourth-order valence-corrected chi connectivity index (χ4v) is 3.49. The molecular weight excluding hydrogens is 360 g/mol. The molecule has 25 heavy (non-hydrogen) atoms. The second-order valence-electron chi connectivity index (χ2n) is 5.25. The van der Waals surface area contributed by atoms with Crippen LogP contribution in [-0.2, 0) is 0 Å². The summed E-state index contributed by atoms with van der Waals surface area (Å²) in [4.78, 5) is 23.9. The van der Waals surface area contributed by atoms with Gasteiger partial charge in [0.2, 0.25) is 0 Å². The van der Waals surface area contributed by atoms with Crippen molar-refractivity contribution >= 4 is 34.5 Å². The average molecular weight is 373 g/mol. The number of benzene rings is 2. The predicted molar refractivity (Wildman–Crippen MR) is 98.2 cm³/mol. The number of thiophene rings is 1. The molecule has 0 unspecified atom stereocenters. The molecule has 0 aliphatic carbocycles. The van der Waals surface area contributed by atoms with E-state index in [0.29, 0.717) is 0 Å². The van der Waals surface area contributed by atoms with E-state index in [-0.39, 0.29) is 28.2 Å². The summed E-state index contributed by atoms with van der Waals surface area (Å²) in [6, 6.07) is 16.9. The van der Waals surface area contributed by atoms with Crippen LogP contribution in [0.3, 0.4) is 0 Å². The van der Waals surface area contributed by atoms with E-state index in [2.05, 4.69) is 5.32 Å². The number of amides is 1. The van der Waals surface area contributed by atoms with Gasteiger partial charge in [-0.1, -0.05) is 48.0 Å². The summed E-state index contributed by atoms with van der Waals surface area (Å²) in [5.41, 5.74) is 0.987. The van der Waals surface area contributed by atoms with Crippen molar-refractivity contribution in [2.45, 2.75) is 6.04 Å². The van der Waals surface area contributed by atoms with Crippen LogP contribution in [0.15, 0.2) is 66.0 Å². The van der Waals surface area contributed by atoms with Crippen molar-refractivity contribution < 1.29 is 9.72 Å². The SMILES string of the molecule is O=C(N[C@H](c1ccccc1)c1cccs1)c1ccc([N+](=O)[O-])cc1Cl. The van der Waals surface area contributed by atoms with E-state index in [9.17, 15) is 14.9 Å². The van der Waals surface area contributed by atoms with Crippen molar-refractivity contribution in [3.8, 4) is 0 Å². The minimum atomic E-state index is -0.550. The number of nitrogens with one attached hydrogen (secondary N) is 1. The second-order valence-corrected chi connectivity index (χ2v) is 6.64. The van der Waals surface area contributed by atoms with Crippen molar-refractivity contribution in [2.75, 3.05) is 0 Å². The third-order valence-electron chi connectivity index (χ3n) is 3.64. The average Bonchev–Trinajstić information content (AvgIpc) is 3.14.